The largest absolute Gasteiger partial charge is 0.497 e. The SMILES string of the molecule is COc1ccc(C2=NN(C(=O)CN3CCN(c4ccccc4F)CC3)[C@H](c3ccccc3F)C2)cc1. The van der Waals surface area contributed by atoms with E-state index in [-0.39, 0.29) is 24.1 Å². The molecule has 1 fully saturated rings. The number of carbonyl (C=O) groups is 1. The van der Waals surface area contributed by atoms with Crippen LogP contribution in [0.1, 0.15) is 23.6 Å². The summed E-state index contributed by atoms with van der Waals surface area (Å²) < 4.78 is 34.2. The molecule has 2 aliphatic rings. The van der Waals surface area contributed by atoms with E-state index >= 15 is 0 Å². The van der Waals surface area contributed by atoms with Crippen molar-refractivity contribution in [3.63, 3.8) is 0 Å². The molecule has 3 aromatic rings. The summed E-state index contributed by atoms with van der Waals surface area (Å²) in [5.41, 5.74) is 2.62. The summed E-state index contributed by atoms with van der Waals surface area (Å²) in [5, 5.41) is 6.09. The number of amides is 1. The number of anilines is 1. The lowest BCUT2D eigenvalue weighted by Gasteiger charge is -2.36. The molecule has 5 rings (SSSR count). The third kappa shape index (κ3) is 4.95. The van der Waals surface area contributed by atoms with Gasteiger partial charge in [0.15, 0.2) is 0 Å². The van der Waals surface area contributed by atoms with Gasteiger partial charge in [0.2, 0.25) is 0 Å². The Morgan fingerprint density at radius 1 is 0.917 bits per heavy atom. The maximum Gasteiger partial charge on any atom is 0.257 e. The molecule has 2 aliphatic heterocycles. The second-order valence-electron chi connectivity index (χ2n) is 8.97. The zero-order valence-electron chi connectivity index (χ0n) is 20.1. The molecule has 0 spiro atoms. The quantitative estimate of drug-likeness (QED) is 0.512. The first kappa shape index (κ1) is 23.9. The van der Waals surface area contributed by atoms with Crippen LogP contribution in [0.3, 0.4) is 0 Å². The summed E-state index contributed by atoms with van der Waals surface area (Å²) in [5.74, 6) is -0.0613. The van der Waals surface area contributed by atoms with Gasteiger partial charge in [-0.05, 0) is 48.0 Å². The Hall–Kier alpha value is -3.78. The van der Waals surface area contributed by atoms with Crippen LogP contribution in [0.25, 0.3) is 0 Å². The van der Waals surface area contributed by atoms with Gasteiger partial charge in [-0.2, -0.15) is 5.10 Å². The number of para-hydroxylation sites is 1. The van der Waals surface area contributed by atoms with Crippen LogP contribution in [-0.4, -0.2) is 61.4 Å². The molecule has 0 N–H and O–H groups in total. The fraction of sp³-hybridized carbons (Fsp3) is 0.286. The smallest absolute Gasteiger partial charge is 0.257 e. The van der Waals surface area contributed by atoms with Gasteiger partial charge in [-0.25, -0.2) is 13.8 Å². The number of methoxy groups -OCH3 is 1. The summed E-state index contributed by atoms with van der Waals surface area (Å²) in [6, 6.07) is 20.2. The molecule has 1 atom stereocenters. The van der Waals surface area contributed by atoms with E-state index in [0.717, 1.165) is 17.0 Å². The van der Waals surface area contributed by atoms with E-state index in [1.165, 1.54) is 17.1 Å². The van der Waals surface area contributed by atoms with Gasteiger partial charge in [0.1, 0.15) is 17.4 Å². The van der Waals surface area contributed by atoms with Crippen molar-refractivity contribution in [3.8, 4) is 5.75 Å². The Morgan fingerprint density at radius 3 is 2.25 bits per heavy atom. The summed E-state index contributed by atoms with van der Waals surface area (Å²) in [6.45, 7) is 2.63. The molecule has 1 saturated heterocycles. The van der Waals surface area contributed by atoms with Crippen molar-refractivity contribution >= 4 is 17.3 Å². The minimum Gasteiger partial charge on any atom is -0.497 e. The number of hydrogen-bond donors (Lipinski definition) is 0. The minimum atomic E-state index is -0.518. The molecular weight excluding hydrogens is 462 g/mol. The highest BCUT2D eigenvalue weighted by Gasteiger charge is 2.35. The molecule has 0 unspecified atom stereocenters. The van der Waals surface area contributed by atoms with Crippen molar-refractivity contribution in [1.82, 2.24) is 9.91 Å². The van der Waals surface area contributed by atoms with Gasteiger partial charge in [0.05, 0.1) is 31.1 Å². The number of hydrogen-bond acceptors (Lipinski definition) is 5. The molecule has 8 heteroatoms. The second-order valence-corrected chi connectivity index (χ2v) is 8.97. The average molecular weight is 491 g/mol. The maximum absolute atomic E-state index is 14.7. The number of piperazine rings is 1. The molecule has 186 valence electrons. The van der Waals surface area contributed by atoms with Crippen molar-refractivity contribution < 1.29 is 18.3 Å². The zero-order valence-corrected chi connectivity index (χ0v) is 20.1. The van der Waals surface area contributed by atoms with Gasteiger partial charge in [-0.3, -0.25) is 9.69 Å². The van der Waals surface area contributed by atoms with Crippen LogP contribution >= 0.6 is 0 Å². The van der Waals surface area contributed by atoms with E-state index in [2.05, 4.69) is 5.10 Å². The van der Waals surface area contributed by atoms with Gasteiger partial charge in [-0.15, -0.1) is 0 Å². The highest BCUT2D eigenvalue weighted by Crippen LogP contribution is 2.34. The van der Waals surface area contributed by atoms with Crippen LogP contribution in [-0.2, 0) is 4.79 Å². The topological polar surface area (TPSA) is 48.4 Å². The summed E-state index contributed by atoms with van der Waals surface area (Å²) >= 11 is 0. The number of rotatable bonds is 6. The van der Waals surface area contributed by atoms with Crippen molar-refractivity contribution in [2.75, 3.05) is 44.7 Å². The number of nitrogens with zero attached hydrogens (tertiary/aromatic N) is 4. The zero-order chi connectivity index (χ0) is 25.1. The van der Waals surface area contributed by atoms with E-state index in [4.69, 9.17) is 4.74 Å². The van der Waals surface area contributed by atoms with Crippen LogP contribution in [0.5, 0.6) is 5.75 Å². The Morgan fingerprint density at radius 2 is 1.58 bits per heavy atom. The Kier molecular flexibility index (Phi) is 6.95. The van der Waals surface area contributed by atoms with Crippen LogP contribution in [0.4, 0.5) is 14.5 Å². The Balaban J connectivity index is 1.32. The summed E-state index contributed by atoms with van der Waals surface area (Å²) in [4.78, 5) is 17.5. The highest BCUT2D eigenvalue weighted by atomic mass is 19.1. The van der Waals surface area contributed by atoms with E-state index in [9.17, 15) is 13.6 Å². The standard InChI is InChI=1S/C28H28F2N4O2/c1-36-21-12-10-20(11-13-21)25-18-27(22-6-2-3-7-23(22)29)34(31-25)28(35)19-32-14-16-33(17-15-32)26-9-5-4-8-24(26)30/h2-13,27H,14-19H2,1H3/t27-/m0/s1. The van der Waals surface area contributed by atoms with Gasteiger partial charge in [0.25, 0.3) is 5.91 Å². The van der Waals surface area contributed by atoms with E-state index in [0.29, 0.717) is 43.9 Å². The number of hydrazone groups is 1. The average Bonchev–Trinajstić information content (AvgIpc) is 3.35. The first-order valence-corrected chi connectivity index (χ1v) is 12.0. The van der Waals surface area contributed by atoms with E-state index < -0.39 is 6.04 Å². The molecule has 0 aromatic heterocycles. The first-order valence-electron chi connectivity index (χ1n) is 12.0. The van der Waals surface area contributed by atoms with Crippen molar-refractivity contribution in [2.24, 2.45) is 5.10 Å². The third-order valence-electron chi connectivity index (χ3n) is 6.78. The minimum absolute atomic E-state index is 0.162. The number of halogens is 2. The highest BCUT2D eigenvalue weighted by molar-refractivity contribution is 6.03. The monoisotopic (exact) mass is 490 g/mol. The molecule has 6 nitrogen and oxygen atoms in total. The van der Waals surface area contributed by atoms with Gasteiger partial charge in [0, 0.05) is 38.2 Å². The predicted molar refractivity (Wildman–Crippen MR) is 135 cm³/mol. The molecule has 0 aliphatic carbocycles. The van der Waals surface area contributed by atoms with Gasteiger partial charge in [-0.1, -0.05) is 30.3 Å². The molecule has 0 bridgehead atoms. The number of benzene rings is 3. The van der Waals surface area contributed by atoms with Crippen LogP contribution in [0, 0.1) is 11.6 Å². The van der Waals surface area contributed by atoms with Gasteiger partial charge >= 0.3 is 0 Å². The molecule has 2 heterocycles. The predicted octanol–water partition coefficient (Wildman–Crippen LogP) is 4.47. The van der Waals surface area contributed by atoms with Crippen LogP contribution in [0.2, 0.25) is 0 Å². The van der Waals surface area contributed by atoms with Crippen LogP contribution in [0.15, 0.2) is 77.9 Å². The number of ether oxygens (including phenoxy) is 1. The lowest BCUT2D eigenvalue weighted by molar-refractivity contribution is -0.134. The van der Waals surface area contributed by atoms with E-state index in [1.54, 1.807) is 37.4 Å². The fourth-order valence-electron chi connectivity index (χ4n) is 4.80. The number of carbonyl (C=O) groups excluding carboxylic acids is 1. The Bertz CT molecular complexity index is 1260. The Labute approximate surface area is 209 Å². The molecule has 0 radical (unpaired) electrons. The lowest BCUT2D eigenvalue weighted by Crippen LogP contribution is -2.49. The fourth-order valence-corrected chi connectivity index (χ4v) is 4.80. The van der Waals surface area contributed by atoms with Crippen molar-refractivity contribution in [2.45, 2.75) is 12.5 Å². The van der Waals surface area contributed by atoms with Crippen molar-refractivity contribution in [3.05, 3.63) is 95.6 Å². The molecule has 36 heavy (non-hydrogen) atoms. The normalized spacial score (nSPS) is 18.3. The third-order valence-corrected chi connectivity index (χ3v) is 6.78. The van der Waals surface area contributed by atoms with Crippen molar-refractivity contribution in [1.29, 1.82) is 0 Å². The van der Waals surface area contributed by atoms with Gasteiger partial charge < -0.3 is 9.64 Å². The summed E-state index contributed by atoms with van der Waals surface area (Å²) in [6.07, 6.45) is 0.417. The molecule has 1 amide bonds. The van der Waals surface area contributed by atoms with E-state index in [1.807, 2.05) is 40.1 Å². The second kappa shape index (κ2) is 10.5. The first-order chi connectivity index (χ1) is 17.5. The molecular formula is C28H28F2N4O2. The lowest BCUT2D eigenvalue weighted by atomic mass is 9.98. The van der Waals surface area contributed by atoms with Crippen LogP contribution < -0.4 is 9.64 Å². The maximum atomic E-state index is 14.7. The molecule has 3 aromatic carbocycles. The summed E-state index contributed by atoms with van der Waals surface area (Å²) in [7, 11) is 1.60. The molecule has 0 saturated carbocycles.